The van der Waals surface area contributed by atoms with Crippen molar-refractivity contribution in [3.05, 3.63) is 28.2 Å². The number of hydrogen-bond acceptors (Lipinski definition) is 2. The Morgan fingerprint density at radius 1 is 1.47 bits per heavy atom. The Kier molecular flexibility index (Phi) is 4.04. The molecule has 0 saturated carbocycles. The zero-order valence-electron chi connectivity index (χ0n) is 8.02. The standard InChI is InChI=1S/C10H9BrF2N2/c1-6(4-14)5-15-10-2-7(11)8(12)3-9(10)13/h2-3,6,15H,5H2,1H3. The van der Waals surface area contributed by atoms with Gasteiger partial charge in [0.1, 0.15) is 11.6 Å². The normalized spacial score (nSPS) is 11.9. The summed E-state index contributed by atoms with van der Waals surface area (Å²) in [4.78, 5) is 0. The van der Waals surface area contributed by atoms with Gasteiger partial charge < -0.3 is 5.32 Å². The average molecular weight is 275 g/mol. The van der Waals surface area contributed by atoms with Crippen LogP contribution in [0.15, 0.2) is 16.6 Å². The third-order valence-electron chi connectivity index (χ3n) is 1.83. The van der Waals surface area contributed by atoms with Crippen LogP contribution in [0, 0.1) is 28.9 Å². The molecule has 0 heterocycles. The van der Waals surface area contributed by atoms with Gasteiger partial charge >= 0.3 is 0 Å². The first-order chi connectivity index (χ1) is 7.04. The number of hydrogen-bond donors (Lipinski definition) is 1. The Hall–Kier alpha value is -1.15. The fourth-order valence-electron chi connectivity index (χ4n) is 0.967. The molecule has 1 N–H and O–H groups in total. The molecule has 1 aromatic rings. The second-order valence-corrected chi connectivity index (χ2v) is 4.01. The first-order valence-electron chi connectivity index (χ1n) is 4.32. The maximum atomic E-state index is 13.2. The van der Waals surface area contributed by atoms with Gasteiger partial charge in [-0.05, 0) is 28.9 Å². The third kappa shape index (κ3) is 3.17. The van der Waals surface area contributed by atoms with Crippen molar-refractivity contribution in [2.45, 2.75) is 6.92 Å². The van der Waals surface area contributed by atoms with E-state index >= 15 is 0 Å². The van der Waals surface area contributed by atoms with Crippen LogP contribution in [-0.2, 0) is 0 Å². The molecule has 80 valence electrons. The van der Waals surface area contributed by atoms with Crippen LogP contribution in [-0.4, -0.2) is 6.54 Å². The summed E-state index contributed by atoms with van der Waals surface area (Å²) in [7, 11) is 0. The predicted molar refractivity (Wildman–Crippen MR) is 57.3 cm³/mol. The Bertz CT molecular complexity index is 401. The summed E-state index contributed by atoms with van der Waals surface area (Å²) < 4.78 is 26.2. The van der Waals surface area contributed by atoms with Gasteiger partial charge in [-0.25, -0.2) is 8.78 Å². The summed E-state index contributed by atoms with van der Waals surface area (Å²) in [5.74, 6) is -1.54. The van der Waals surface area contributed by atoms with Gasteiger partial charge in [0.15, 0.2) is 0 Å². The van der Waals surface area contributed by atoms with E-state index in [0.29, 0.717) is 6.54 Å². The summed E-state index contributed by atoms with van der Waals surface area (Å²) >= 11 is 2.96. The van der Waals surface area contributed by atoms with E-state index in [1.165, 1.54) is 6.07 Å². The predicted octanol–water partition coefficient (Wildman–Crippen LogP) is 3.30. The van der Waals surface area contributed by atoms with Crippen molar-refractivity contribution in [2.75, 3.05) is 11.9 Å². The van der Waals surface area contributed by atoms with Gasteiger partial charge in [0.2, 0.25) is 0 Å². The van der Waals surface area contributed by atoms with Crippen molar-refractivity contribution in [3.63, 3.8) is 0 Å². The second-order valence-electron chi connectivity index (χ2n) is 3.16. The monoisotopic (exact) mass is 274 g/mol. The molecule has 15 heavy (non-hydrogen) atoms. The molecule has 1 unspecified atom stereocenters. The molecule has 0 aromatic heterocycles. The second kappa shape index (κ2) is 5.08. The van der Waals surface area contributed by atoms with Crippen LogP contribution in [0.3, 0.4) is 0 Å². The first kappa shape index (κ1) is 11.9. The van der Waals surface area contributed by atoms with E-state index in [0.717, 1.165) is 6.07 Å². The number of nitriles is 1. The molecule has 1 aromatic carbocycles. The van der Waals surface area contributed by atoms with E-state index in [2.05, 4.69) is 21.2 Å². The van der Waals surface area contributed by atoms with Crippen LogP contribution in [0.25, 0.3) is 0 Å². The van der Waals surface area contributed by atoms with Gasteiger partial charge in [0, 0.05) is 12.6 Å². The van der Waals surface area contributed by atoms with Crippen molar-refractivity contribution < 1.29 is 8.78 Å². The maximum Gasteiger partial charge on any atom is 0.149 e. The Labute approximate surface area is 95.0 Å². The largest absolute Gasteiger partial charge is 0.381 e. The number of rotatable bonds is 3. The molecule has 0 aliphatic heterocycles. The third-order valence-corrected chi connectivity index (χ3v) is 2.44. The molecular formula is C10H9BrF2N2. The van der Waals surface area contributed by atoms with Crippen molar-refractivity contribution in [1.82, 2.24) is 0 Å². The van der Waals surface area contributed by atoms with E-state index < -0.39 is 11.6 Å². The highest BCUT2D eigenvalue weighted by Gasteiger charge is 2.08. The average Bonchev–Trinajstić information content (AvgIpc) is 2.21. The van der Waals surface area contributed by atoms with Crippen LogP contribution in [0.5, 0.6) is 0 Å². The molecule has 0 amide bonds. The van der Waals surface area contributed by atoms with Gasteiger partial charge in [0.25, 0.3) is 0 Å². The van der Waals surface area contributed by atoms with E-state index in [4.69, 9.17) is 5.26 Å². The topological polar surface area (TPSA) is 35.8 Å². The van der Waals surface area contributed by atoms with Gasteiger partial charge in [-0.1, -0.05) is 0 Å². The number of benzene rings is 1. The van der Waals surface area contributed by atoms with Crippen LogP contribution in [0.4, 0.5) is 14.5 Å². The minimum atomic E-state index is -0.666. The van der Waals surface area contributed by atoms with Gasteiger partial charge in [0.05, 0.1) is 22.1 Å². The summed E-state index contributed by atoms with van der Waals surface area (Å²) in [6.45, 7) is 2.04. The quantitative estimate of drug-likeness (QED) is 0.859. The summed E-state index contributed by atoms with van der Waals surface area (Å²) in [6.07, 6.45) is 0. The molecule has 0 aliphatic rings. The van der Waals surface area contributed by atoms with E-state index in [-0.39, 0.29) is 16.1 Å². The Morgan fingerprint density at radius 3 is 2.73 bits per heavy atom. The summed E-state index contributed by atoms with van der Waals surface area (Å²) in [6, 6.07) is 4.12. The molecule has 1 rings (SSSR count). The minimum Gasteiger partial charge on any atom is -0.381 e. The number of anilines is 1. The fraction of sp³-hybridized carbons (Fsp3) is 0.300. The zero-order valence-corrected chi connectivity index (χ0v) is 9.61. The Balaban J connectivity index is 2.78. The van der Waals surface area contributed by atoms with Gasteiger partial charge in [-0.3, -0.25) is 0 Å². The van der Waals surface area contributed by atoms with E-state index in [1.54, 1.807) is 6.92 Å². The SMILES string of the molecule is CC(C#N)CNc1cc(Br)c(F)cc1F. The fourth-order valence-corrected chi connectivity index (χ4v) is 1.31. The molecule has 5 heteroatoms. The first-order valence-corrected chi connectivity index (χ1v) is 5.12. The minimum absolute atomic E-state index is 0.186. The number of halogens is 3. The molecule has 0 bridgehead atoms. The smallest absolute Gasteiger partial charge is 0.149 e. The molecule has 0 saturated heterocycles. The lowest BCUT2D eigenvalue weighted by Gasteiger charge is -2.09. The lowest BCUT2D eigenvalue weighted by Crippen LogP contribution is -2.10. The van der Waals surface area contributed by atoms with Crippen molar-refractivity contribution in [2.24, 2.45) is 5.92 Å². The lowest BCUT2D eigenvalue weighted by atomic mass is 10.2. The molecule has 0 aliphatic carbocycles. The van der Waals surface area contributed by atoms with E-state index in [1.807, 2.05) is 6.07 Å². The van der Waals surface area contributed by atoms with Crippen molar-refractivity contribution in [3.8, 4) is 6.07 Å². The summed E-state index contributed by atoms with van der Waals surface area (Å²) in [5, 5.41) is 11.3. The molecular weight excluding hydrogens is 266 g/mol. The maximum absolute atomic E-state index is 13.2. The molecule has 0 fully saturated rings. The van der Waals surface area contributed by atoms with Crippen LogP contribution >= 0.6 is 15.9 Å². The van der Waals surface area contributed by atoms with Gasteiger partial charge in [-0.2, -0.15) is 5.26 Å². The highest BCUT2D eigenvalue weighted by atomic mass is 79.9. The molecule has 0 spiro atoms. The van der Waals surface area contributed by atoms with Crippen LogP contribution < -0.4 is 5.32 Å². The highest BCUT2D eigenvalue weighted by molar-refractivity contribution is 9.10. The molecule has 0 radical (unpaired) electrons. The van der Waals surface area contributed by atoms with Crippen LogP contribution in [0.1, 0.15) is 6.92 Å². The van der Waals surface area contributed by atoms with Crippen molar-refractivity contribution >= 4 is 21.6 Å². The lowest BCUT2D eigenvalue weighted by molar-refractivity contribution is 0.580. The number of nitrogens with one attached hydrogen (secondary N) is 1. The molecule has 1 atom stereocenters. The molecule has 2 nitrogen and oxygen atoms in total. The van der Waals surface area contributed by atoms with E-state index in [9.17, 15) is 8.78 Å². The summed E-state index contributed by atoms with van der Waals surface area (Å²) in [5.41, 5.74) is 0.186. The zero-order chi connectivity index (χ0) is 11.4. The van der Waals surface area contributed by atoms with Crippen LogP contribution in [0.2, 0.25) is 0 Å². The number of nitrogens with zero attached hydrogens (tertiary/aromatic N) is 1. The Morgan fingerprint density at radius 2 is 2.13 bits per heavy atom. The van der Waals surface area contributed by atoms with Gasteiger partial charge in [-0.15, -0.1) is 0 Å². The highest BCUT2D eigenvalue weighted by Crippen LogP contribution is 2.23. The van der Waals surface area contributed by atoms with Crippen molar-refractivity contribution in [1.29, 1.82) is 5.26 Å².